The van der Waals surface area contributed by atoms with Crippen LogP contribution in [0.4, 0.5) is 5.69 Å². The summed E-state index contributed by atoms with van der Waals surface area (Å²) in [5.41, 5.74) is 0.765. The molecule has 1 aromatic carbocycles. The Kier molecular flexibility index (Phi) is 8.45. The lowest BCUT2D eigenvalue weighted by molar-refractivity contribution is -0.121. The molecular formula is C24H37N5O2S. The summed E-state index contributed by atoms with van der Waals surface area (Å²) in [5.74, 6) is 1.76. The molecule has 1 unspecified atom stereocenters. The second kappa shape index (κ2) is 11.1. The van der Waals surface area contributed by atoms with Crippen molar-refractivity contribution >= 4 is 23.4 Å². The molecule has 1 amide bonds. The van der Waals surface area contributed by atoms with E-state index >= 15 is 0 Å². The highest BCUT2D eigenvalue weighted by molar-refractivity contribution is 8.00. The molecule has 2 aromatic rings. The summed E-state index contributed by atoms with van der Waals surface area (Å²) >= 11 is 1.50. The number of anilines is 1. The molecule has 1 atom stereocenters. The van der Waals surface area contributed by atoms with Crippen molar-refractivity contribution in [1.82, 2.24) is 20.1 Å². The Morgan fingerprint density at radius 3 is 2.72 bits per heavy atom. The minimum absolute atomic E-state index is 0.0381. The predicted molar refractivity (Wildman–Crippen MR) is 130 cm³/mol. The second-order valence-corrected chi connectivity index (χ2v) is 10.4. The van der Waals surface area contributed by atoms with Gasteiger partial charge in [-0.25, -0.2) is 0 Å². The van der Waals surface area contributed by atoms with Crippen LogP contribution in [0.1, 0.15) is 78.1 Å². The van der Waals surface area contributed by atoms with Crippen LogP contribution in [0.25, 0.3) is 0 Å². The lowest BCUT2D eigenvalue weighted by Gasteiger charge is -2.28. The van der Waals surface area contributed by atoms with Crippen molar-refractivity contribution in [3.63, 3.8) is 0 Å². The maximum absolute atomic E-state index is 12.8. The number of carbonyl (C=O) groups is 1. The molecule has 0 spiro atoms. The van der Waals surface area contributed by atoms with Crippen LogP contribution in [0, 0.1) is 0 Å². The van der Waals surface area contributed by atoms with Crippen molar-refractivity contribution in [2.45, 2.75) is 94.8 Å². The monoisotopic (exact) mass is 459 g/mol. The van der Waals surface area contributed by atoms with Crippen LogP contribution >= 0.6 is 11.8 Å². The Balaban J connectivity index is 1.77. The lowest BCUT2D eigenvalue weighted by atomic mass is 9.95. The van der Waals surface area contributed by atoms with Gasteiger partial charge in [0.2, 0.25) is 5.91 Å². The van der Waals surface area contributed by atoms with Gasteiger partial charge in [0.15, 0.2) is 11.0 Å². The first-order valence-electron chi connectivity index (χ1n) is 11.6. The molecule has 1 aromatic heterocycles. The van der Waals surface area contributed by atoms with Gasteiger partial charge >= 0.3 is 0 Å². The van der Waals surface area contributed by atoms with Crippen LogP contribution in [0.3, 0.4) is 0 Å². The highest BCUT2D eigenvalue weighted by Gasteiger charge is 2.27. The normalized spacial score (nSPS) is 15.9. The van der Waals surface area contributed by atoms with Crippen LogP contribution < -0.4 is 15.4 Å². The van der Waals surface area contributed by atoms with Gasteiger partial charge in [-0.3, -0.25) is 4.79 Å². The predicted octanol–water partition coefficient (Wildman–Crippen LogP) is 5.19. The number of hydrogen-bond donors (Lipinski definition) is 2. The Labute approximate surface area is 196 Å². The highest BCUT2D eigenvalue weighted by Crippen LogP contribution is 2.34. The minimum Gasteiger partial charge on any atom is -0.497 e. The molecule has 32 heavy (non-hydrogen) atoms. The van der Waals surface area contributed by atoms with Crippen LogP contribution in [0.15, 0.2) is 29.4 Å². The van der Waals surface area contributed by atoms with Crippen molar-refractivity contribution in [3.8, 4) is 5.75 Å². The van der Waals surface area contributed by atoms with Crippen molar-refractivity contribution in [2.24, 2.45) is 0 Å². The topological polar surface area (TPSA) is 81.1 Å². The van der Waals surface area contributed by atoms with Gasteiger partial charge in [-0.05, 0) is 52.2 Å². The van der Waals surface area contributed by atoms with Crippen LogP contribution in [-0.2, 0) is 11.3 Å². The van der Waals surface area contributed by atoms with E-state index in [2.05, 4.69) is 46.2 Å². The van der Waals surface area contributed by atoms with Gasteiger partial charge in [0.1, 0.15) is 5.75 Å². The van der Waals surface area contributed by atoms with E-state index in [1.807, 2.05) is 31.2 Å². The second-order valence-electron chi connectivity index (χ2n) is 9.13. The Bertz CT molecular complexity index is 892. The summed E-state index contributed by atoms with van der Waals surface area (Å²) in [6.45, 7) is 8.70. The number of benzene rings is 1. The van der Waals surface area contributed by atoms with E-state index in [4.69, 9.17) is 4.74 Å². The van der Waals surface area contributed by atoms with Crippen molar-refractivity contribution in [2.75, 3.05) is 12.4 Å². The van der Waals surface area contributed by atoms with Crippen molar-refractivity contribution in [1.29, 1.82) is 0 Å². The fourth-order valence-electron chi connectivity index (χ4n) is 3.86. The number of rotatable bonds is 10. The number of ether oxygens (including phenoxy) is 1. The molecule has 1 saturated carbocycles. The van der Waals surface area contributed by atoms with Gasteiger partial charge in [-0.1, -0.05) is 44.0 Å². The molecule has 1 aliphatic rings. The Morgan fingerprint density at radius 1 is 1.28 bits per heavy atom. The van der Waals surface area contributed by atoms with Crippen LogP contribution in [-0.4, -0.2) is 38.6 Å². The van der Waals surface area contributed by atoms with Gasteiger partial charge in [0, 0.05) is 23.3 Å². The van der Waals surface area contributed by atoms with Gasteiger partial charge in [0.25, 0.3) is 0 Å². The molecule has 1 fully saturated rings. The molecule has 0 bridgehead atoms. The van der Waals surface area contributed by atoms with Gasteiger partial charge in [0.05, 0.1) is 18.9 Å². The molecule has 1 aliphatic carbocycles. The standard InChI is InChI=1S/C24H37N5O2S/c1-6-24(3,4)26-22(30)17(2)32-23-28-27-21(29(23)19-12-8-7-9-13-19)16-25-18-11-10-14-20(15-18)31-5/h10-11,14-15,17,19,25H,6-9,12-13,16H2,1-5H3,(H,26,30). The molecule has 0 saturated heterocycles. The Morgan fingerprint density at radius 2 is 2.03 bits per heavy atom. The number of aromatic nitrogens is 3. The average Bonchev–Trinajstić information content (AvgIpc) is 3.20. The number of amides is 1. The number of methoxy groups -OCH3 is 1. The molecule has 3 rings (SSSR count). The smallest absolute Gasteiger partial charge is 0.233 e. The maximum Gasteiger partial charge on any atom is 0.233 e. The van der Waals surface area contributed by atoms with Crippen LogP contribution in [0.5, 0.6) is 5.75 Å². The van der Waals surface area contributed by atoms with E-state index in [1.165, 1.54) is 31.0 Å². The van der Waals surface area contributed by atoms with Crippen LogP contribution in [0.2, 0.25) is 0 Å². The fourth-order valence-corrected chi connectivity index (χ4v) is 4.80. The first-order valence-corrected chi connectivity index (χ1v) is 12.5. The summed E-state index contributed by atoms with van der Waals surface area (Å²) in [7, 11) is 1.67. The highest BCUT2D eigenvalue weighted by atomic mass is 32.2. The Hall–Kier alpha value is -2.22. The van der Waals surface area contributed by atoms with Gasteiger partial charge in [-0.2, -0.15) is 0 Å². The lowest BCUT2D eigenvalue weighted by Crippen LogP contribution is -2.46. The van der Waals surface area contributed by atoms with Gasteiger partial charge in [-0.15, -0.1) is 10.2 Å². The van der Waals surface area contributed by atoms with E-state index in [0.717, 1.165) is 41.7 Å². The zero-order valence-corrected chi connectivity index (χ0v) is 20.8. The van der Waals surface area contributed by atoms with Crippen molar-refractivity contribution < 1.29 is 9.53 Å². The zero-order chi connectivity index (χ0) is 23.1. The van der Waals surface area contributed by atoms with Crippen molar-refractivity contribution in [3.05, 3.63) is 30.1 Å². The third-order valence-electron chi connectivity index (χ3n) is 6.19. The largest absolute Gasteiger partial charge is 0.497 e. The molecular weight excluding hydrogens is 422 g/mol. The number of hydrogen-bond acceptors (Lipinski definition) is 6. The molecule has 8 heteroatoms. The quantitative estimate of drug-likeness (QED) is 0.476. The third kappa shape index (κ3) is 6.40. The average molecular weight is 460 g/mol. The summed E-state index contributed by atoms with van der Waals surface area (Å²) in [6.07, 6.45) is 6.85. The van der Waals surface area contributed by atoms with E-state index in [-0.39, 0.29) is 16.7 Å². The summed E-state index contributed by atoms with van der Waals surface area (Å²) in [6, 6.07) is 8.26. The zero-order valence-electron chi connectivity index (χ0n) is 20.0. The van der Waals surface area contributed by atoms with E-state index in [0.29, 0.717) is 12.6 Å². The SMILES string of the molecule is CCC(C)(C)NC(=O)C(C)Sc1nnc(CNc2cccc(OC)c2)n1C1CCCCC1. The molecule has 2 N–H and O–H groups in total. The fraction of sp³-hybridized carbons (Fsp3) is 0.625. The first-order chi connectivity index (χ1) is 15.3. The number of nitrogens with zero attached hydrogens (tertiary/aromatic N) is 3. The van der Waals surface area contributed by atoms with E-state index < -0.39 is 0 Å². The number of thioether (sulfide) groups is 1. The maximum atomic E-state index is 12.8. The molecule has 176 valence electrons. The molecule has 7 nitrogen and oxygen atoms in total. The molecule has 0 radical (unpaired) electrons. The summed E-state index contributed by atoms with van der Waals surface area (Å²) < 4.78 is 7.59. The summed E-state index contributed by atoms with van der Waals surface area (Å²) in [4.78, 5) is 12.8. The first kappa shape index (κ1) is 24.4. The molecule has 0 aliphatic heterocycles. The number of carbonyl (C=O) groups excluding carboxylic acids is 1. The van der Waals surface area contributed by atoms with E-state index in [9.17, 15) is 4.79 Å². The third-order valence-corrected chi connectivity index (χ3v) is 7.25. The van der Waals surface area contributed by atoms with Gasteiger partial charge < -0.3 is 19.9 Å². The molecule has 1 heterocycles. The van der Waals surface area contributed by atoms with E-state index in [1.54, 1.807) is 7.11 Å². The summed E-state index contributed by atoms with van der Waals surface area (Å²) in [5, 5.41) is 16.2. The minimum atomic E-state index is -0.244. The number of nitrogens with one attached hydrogen (secondary N) is 2.